The summed E-state index contributed by atoms with van der Waals surface area (Å²) >= 11 is 0. The predicted octanol–water partition coefficient (Wildman–Crippen LogP) is 3.72. The number of aromatic nitrogens is 1. The van der Waals surface area contributed by atoms with Gasteiger partial charge in [0.05, 0.1) is 17.7 Å². The number of aliphatic hydroxyl groups is 1. The molecule has 1 aliphatic rings. The molecular formula is C22H24N2O2. The van der Waals surface area contributed by atoms with E-state index in [0.29, 0.717) is 5.56 Å². The van der Waals surface area contributed by atoms with E-state index in [0.717, 1.165) is 43.1 Å². The monoisotopic (exact) mass is 348 g/mol. The Bertz CT molecular complexity index is 901. The summed E-state index contributed by atoms with van der Waals surface area (Å²) in [6, 6.07) is 18.1. The Balaban J connectivity index is 1.63. The first-order valence-corrected chi connectivity index (χ1v) is 9.33. The summed E-state index contributed by atoms with van der Waals surface area (Å²) in [6.07, 6.45) is 5.19. The molecule has 2 atom stereocenters. The maximum Gasteiger partial charge on any atom is 0.253 e. The summed E-state index contributed by atoms with van der Waals surface area (Å²) in [5.41, 5.74) is 2.92. The molecule has 4 heteroatoms. The van der Waals surface area contributed by atoms with Gasteiger partial charge in [0.15, 0.2) is 0 Å². The molecule has 2 aromatic carbocycles. The van der Waals surface area contributed by atoms with Crippen LogP contribution < -0.4 is 5.32 Å². The molecule has 1 heterocycles. The molecule has 134 valence electrons. The third-order valence-corrected chi connectivity index (χ3v) is 5.27. The molecule has 2 N–H and O–H groups in total. The van der Waals surface area contributed by atoms with Gasteiger partial charge in [0.1, 0.15) is 0 Å². The van der Waals surface area contributed by atoms with Gasteiger partial charge in [-0.2, -0.15) is 0 Å². The zero-order valence-electron chi connectivity index (χ0n) is 14.8. The van der Waals surface area contributed by atoms with Crippen LogP contribution in [0.2, 0.25) is 0 Å². The van der Waals surface area contributed by atoms with Crippen molar-refractivity contribution >= 4 is 16.8 Å². The van der Waals surface area contributed by atoms with Crippen LogP contribution in [0.1, 0.15) is 41.6 Å². The number of benzene rings is 2. The zero-order valence-corrected chi connectivity index (χ0v) is 14.8. The van der Waals surface area contributed by atoms with Gasteiger partial charge in [0.2, 0.25) is 0 Å². The lowest BCUT2D eigenvalue weighted by atomic mass is 9.92. The van der Waals surface area contributed by atoms with Crippen molar-refractivity contribution in [2.75, 3.05) is 0 Å². The van der Waals surface area contributed by atoms with E-state index in [-0.39, 0.29) is 11.9 Å². The second-order valence-electron chi connectivity index (χ2n) is 7.11. The van der Waals surface area contributed by atoms with Crippen LogP contribution in [0.3, 0.4) is 0 Å². The summed E-state index contributed by atoms with van der Waals surface area (Å²) < 4.78 is 2.12. The highest BCUT2D eigenvalue weighted by molar-refractivity contribution is 6.07. The number of hydrogen-bond donors (Lipinski definition) is 2. The van der Waals surface area contributed by atoms with Crippen molar-refractivity contribution in [1.82, 2.24) is 9.88 Å². The van der Waals surface area contributed by atoms with Crippen LogP contribution in [0.5, 0.6) is 0 Å². The highest BCUT2D eigenvalue weighted by Gasteiger charge is 2.26. The number of hydrogen-bond acceptors (Lipinski definition) is 2. The van der Waals surface area contributed by atoms with E-state index < -0.39 is 6.10 Å². The van der Waals surface area contributed by atoms with Gasteiger partial charge < -0.3 is 15.0 Å². The van der Waals surface area contributed by atoms with Crippen molar-refractivity contribution in [3.05, 3.63) is 71.9 Å². The van der Waals surface area contributed by atoms with Crippen LogP contribution in [0.4, 0.5) is 0 Å². The van der Waals surface area contributed by atoms with Crippen molar-refractivity contribution in [3.63, 3.8) is 0 Å². The van der Waals surface area contributed by atoms with Crippen LogP contribution in [-0.2, 0) is 6.54 Å². The lowest BCUT2D eigenvalue weighted by molar-refractivity contribution is 0.0718. The van der Waals surface area contributed by atoms with Crippen LogP contribution in [0.15, 0.2) is 60.8 Å². The molecule has 3 aromatic rings. The van der Waals surface area contributed by atoms with Gasteiger partial charge in [0, 0.05) is 23.6 Å². The highest BCUT2D eigenvalue weighted by Crippen LogP contribution is 2.24. The molecule has 26 heavy (non-hydrogen) atoms. The van der Waals surface area contributed by atoms with Crippen molar-refractivity contribution in [2.45, 2.75) is 44.4 Å². The number of para-hydroxylation sites is 1. The zero-order chi connectivity index (χ0) is 17.9. The summed E-state index contributed by atoms with van der Waals surface area (Å²) in [5, 5.41) is 14.2. The van der Waals surface area contributed by atoms with E-state index in [9.17, 15) is 9.90 Å². The Kier molecular flexibility index (Phi) is 4.76. The van der Waals surface area contributed by atoms with Crippen molar-refractivity contribution in [3.8, 4) is 0 Å². The van der Waals surface area contributed by atoms with Crippen molar-refractivity contribution in [2.24, 2.45) is 0 Å². The quantitative estimate of drug-likeness (QED) is 0.755. The molecule has 0 aliphatic heterocycles. The fraction of sp³-hybridized carbons (Fsp3) is 0.318. The average molecular weight is 348 g/mol. The molecule has 0 saturated heterocycles. The van der Waals surface area contributed by atoms with E-state index >= 15 is 0 Å². The minimum atomic E-state index is -0.439. The van der Waals surface area contributed by atoms with E-state index in [1.165, 1.54) is 5.56 Å². The SMILES string of the molecule is O=C(N[C@H]1CCCC[C@@H]1O)c1cn(Cc2ccccc2)c2ccccc12. The maximum atomic E-state index is 12.9. The lowest BCUT2D eigenvalue weighted by Gasteiger charge is -2.28. The highest BCUT2D eigenvalue weighted by atomic mass is 16.3. The molecule has 1 fully saturated rings. The summed E-state index contributed by atoms with van der Waals surface area (Å²) in [6.45, 7) is 0.723. The minimum absolute atomic E-state index is 0.0982. The first-order chi connectivity index (χ1) is 12.7. The number of carbonyl (C=O) groups is 1. The summed E-state index contributed by atoms with van der Waals surface area (Å²) in [4.78, 5) is 12.9. The molecule has 4 rings (SSSR count). The van der Waals surface area contributed by atoms with Crippen molar-refractivity contribution in [1.29, 1.82) is 0 Å². The van der Waals surface area contributed by atoms with Gasteiger partial charge >= 0.3 is 0 Å². The number of nitrogens with zero attached hydrogens (tertiary/aromatic N) is 1. The van der Waals surface area contributed by atoms with Crippen LogP contribution >= 0.6 is 0 Å². The fourth-order valence-corrected chi connectivity index (χ4v) is 3.86. The number of nitrogens with one attached hydrogen (secondary N) is 1. The predicted molar refractivity (Wildman–Crippen MR) is 103 cm³/mol. The van der Waals surface area contributed by atoms with E-state index in [1.807, 2.05) is 48.7 Å². The third-order valence-electron chi connectivity index (χ3n) is 5.27. The Morgan fingerprint density at radius 2 is 1.77 bits per heavy atom. The molecule has 1 saturated carbocycles. The van der Waals surface area contributed by atoms with Gasteiger partial charge in [-0.15, -0.1) is 0 Å². The van der Waals surface area contributed by atoms with E-state index in [1.54, 1.807) is 0 Å². The Hall–Kier alpha value is -2.59. The molecule has 0 spiro atoms. The second kappa shape index (κ2) is 7.34. The maximum absolute atomic E-state index is 12.9. The summed E-state index contributed by atoms with van der Waals surface area (Å²) in [7, 11) is 0. The number of amides is 1. The second-order valence-corrected chi connectivity index (χ2v) is 7.11. The molecule has 1 aromatic heterocycles. The molecule has 1 amide bonds. The molecule has 0 unspecified atom stereocenters. The first-order valence-electron chi connectivity index (χ1n) is 9.33. The number of fused-ring (bicyclic) bond motifs is 1. The molecule has 0 radical (unpaired) electrons. The summed E-state index contributed by atoms with van der Waals surface area (Å²) in [5.74, 6) is -0.0982. The normalized spacial score (nSPS) is 20.2. The van der Waals surface area contributed by atoms with E-state index in [4.69, 9.17) is 0 Å². The van der Waals surface area contributed by atoms with E-state index in [2.05, 4.69) is 22.0 Å². The topological polar surface area (TPSA) is 54.3 Å². The fourth-order valence-electron chi connectivity index (χ4n) is 3.86. The first kappa shape index (κ1) is 16.9. The number of rotatable bonds is 4. The van der Waals surface area contributed by atoms with Gasteiger partial charge in [-0.05, 0) is 24.5 Å². The van der Waals surface area contributed by atoms with Crippen LogP contribution in [0, 0.1) is 0 Å². The largest absolute Gasteiger partial charge is 0.391 e. The van der Waals surface area contributed by atoms with Gasteiger partial charge in [-0.1, -0.05) is 61.4 Å². The molecule has 0 bridgehead atoms. The lowest BCUT2D eigenvalue weighted by Crippen LogP contribution is -2.45. The minimum Gasteiger partial charge on any atom is -0.391 e. The van der Waals surface area contributed by atoms with Gasteiger partial charge in [0.25, 0.3) is 5.91 Å². The molecular weight excluding hydrogens is 324 g/mol. The Morgan fingerprint density at radius 1 is 1.04 bits per heavy atom. The van der Waals surface area contributed by atoms with Crippen LogP contribution in [0.25, 0.3) is 10.9 Å². The molecule has 4 nitrogen and oxygen atoms in total. The van der Waals surface area contributed by atoms with Gasteiger partial charge in [-0.25, -0.2) is 0 Å². The number of carbonyl (C=O) groups excluding carboxylic acids is 1. The number of aliphatic hydroxyl groups excluding tert-OH is 1. The molecule has 1 aliphatic carbocycles. The third kappa shape index (κ3) is 3.37. The van der Waals surface area contributed by atoms with Crippen LogP contribution in [-0.4, -0.2) is 27.7 Å². The standard InChI is InChI=1S/C22H24N2O2/c25-21-13-7-5-11-19(21)23-22(26)18-15-24(14-16-8-2-1-3-9-16)20-12-6-4-10-17(18)20/h1-4,6,8-10,12,15,19,21,25H,5,7,11,13-14H2,(H,23,26)/t19-,21-/m0/s1. The smallest absolute Gasteiger partial charge is 0.253 e. The average Bonchev–Trinajstić information content (AvgIpc) is 3.03. The Morgan fingerprint density at radius 3 is 2.58 bits per heavy atom. The van der Waals surface area contributed by atoms with Crippen molar-refractivity contribution < 1.29 is 9.90 Å². The van der Waals surface area contributed by atoms with Gasteiger partial charge in [-0.3, -0.25) is 4.79 Å². The Labute approximate surface area is 153 Å².